The highest BCUT2D eigenvalue weighted by molar-refractivity contribution is 5.85. The van der Waals surface area contributed by atoms with Crippen molar-refractivity contribution in [2.24, 2.45) is 0 Å². The maximum Gasteiger partial charge on any atom is 0.329 e. The first-order valence-corrected chi connectivity index (χ1v) is 5.94. The third-order valence-electron chi connectivity index (χ3n) is 3.19. The molecule has 0 aliphatic rings. The average Bonchev–Trinajstić information content (AvgIpc) is 2.38. The van der Waals surface area contributed by atoms with Crippen molar-refractivity contribution in [3.05, 3.63) is 30.1 Å². The minimum Gasteiger partial charge on any atom is -0.480 e. The molecule has 1 rings (SSSR count). The van der Waals surface area contributed by atoms with E-state index in [-0.39, 0.29) is 6.04 Å². The van der Waals surface area contributed by atoms with Crippen molar-refractivity contribution in [3.63, 3.8) is 0 Å². The number of carbonyl (C=O) groups excluding carboxylic acids is 1. The second kappa shape index (κ2) is 5.69. The summed E-state index contributed by atoms with van der Waals surface area (Å²) in [7, 11) is 1.46. The number of aliphatic carboxylic acids is 1. The highest BCUT2D eigenvalue weighted by atomic mass is 16.4. The number of nitrogens with one attached hydrogen (secondary N) is 1. The van der Waals surface area contributed by atoms with Gasteiger partial charge < -0.3 is 15.3 Å². The molecule has 0 spiro atoms. The number of rotatable bonds is 4. The Morgan fingerprint density at radius 3 is 2.58 bits per heavy atom. The molecule has 1 atom stereocenters. The van der Waals surface area contributed by atoms with Crippen molar-refractivity contribution in [2.45, 2.75) is 32.4 Å². The van der Waals surface area contributed by atoms with Crippen molar-refractivity contribution in [3.8, 4) is 0 Å². The third-order valence-corrected chi connectivity index (χ3v) is 3.19. The van der Waals surface area contributed by atoms with Gasteiger partial charge in [-0.15, -0.1) is 0 Å². The predicted molar refractivity (Wildman–Crippen MR) is 70.7 cm³/mol. The molecule has 0 radical (unpaired) electrons. The van der Waals surface area contributed by atoms with E-state index in [1.54, 1.807) is 18.5 Å². The number of carbonyl (C=O) groups is 2. The van der Waals surface area contributed by atoms with Crippen LogP contribution in [0.15, 0.2) is 24.5 Å². The van der Waals surface area contributed by atoms with Gasteiger partial charge in [0.1, 0.15) is 5.54 Å². The molecule has 0 aliphatic carbocycles. The number of amides is 2. The van der Waals surface area contributed by atoms with Gasteiger partial charge in [-0.25, -0.2) is 9.59 Å². The van der Waals surface area contributed by atoms with Crippen molar-refractivity contribution < 1.29 is 14.7 Å². The van der Waals surface area contributed by atoms with Crippen LogP contribution in [-0.4, -0.2) is 39.6 Å². The number of hydrogen-bond donors (Lipinski definition) is 2. The molecule has 2 amide bonds. The van der Waals surface area contributed by atoms with Gasteiger partial charge in [-0.1, -0.05) is 6.07 Å². The third kappa shape index (κ3) is 3.43. The SMILES string of the molecule is CC(NC(=O)N(C)C(C)(C)C(=O)O)c1cccnc1. The largest absolute Gasteiger partial charge is 0.480 e. The van der Waals surface area contributed by atoms with Gasteiger partial charge in [0.25, 0.3) is 0 Å². The number of likely N-dealkylation sites (N-methyl/N-ethyl adjacent to an activating group) is 1. The van der Waals surface area contributed by atoms with Crippen LogP contribution in [0.25, 0.3) is 0 Å². The number of pyridine rings is 1. The molecule has 1 aromatic heterocycles. The van der Waals surface area contributed by atoms with Gasteiger partial charge >= 0.3 is 12.0 Å². The summed E-state index contributed by atoms with van der Waals surface area (Å²) in [4.78, 5) is 28.2. The standard InChI is InChI=1S/C13H19N3O3/c1-9(10-6-5-7-14-8-10)15-12(19)16(4)13(2,3)11(17)18/h5-9H,1-4H3,(H,15,19)(H,17,18). The lowest BCUT2D eigenvalue weighted by Gasteiger charge is -2.32. The Morgan fingerprint density at radius 1 is 1.47 bits per heavy atom. The van der Waals surface area contributed by atoms with Gasteiger partial charge in [-0.3, -0.25) is 4.98 Å². The number of hydrogen-bond acceptors (Lipinski definition) is 3. The van der Waals surface area contributed by atoms with Crippen LogP contribution in [-0.2, 0) is 4.79 Å². The van der Waals surface area contributed by atoms with E-state index >= 15 is 0 Å². The van der Waals surface area contributed by atoms with Gasteiger partial charge in [-0.05, 0) is 32.4 Å². The van der Waals surface area contributed by atoms with Crippen molar-refractivity contribution in [1.29, 1.82) is 0 Å². The van der Waals surface area contributed by atoms with Crippen LogP contribution in [0.2, 0.25) is 0 Å². The van der Waals surface area contributed by atoms with Crippen LogP contribution >= 0.6 is 0 Å². The maximum atomic E-state index is 12.0. The van der Waals surface area contributed by atoms with E-state index in [9.17, 15) is 9.59 Å². The zero-order valence-corrected chi connectivity index (χ0v) is 11.5. The van der Waals surface area contributed by atoms with Gasteiger partial charge in [0, 0.05) is 19.4 Å². The van der Waals surface area contributed by atoms with Gasteiger partial charge in [0.05, 0.1) is 6.04 Å². The molecular formula is C13H19N3O3. The first-order chi connectivity index (χ1) is 8.76. The van der Waals surface area contributed by atoms with Crippen LogP contribution < -0.4 is 5.32 Å². The Hall–Kier alpha value is -2.11. The number of carboxylic acids is 1. The van der Waals surface area contributed by atoms with Crippen molar-refractivity contribution >= 4 is 12.0 Å². The fourth-order valence-corrected chi connectivity index (χ4v) is 1.39. The molecule has 1 heterocycles. The predicted octanol–water partition coefficient (Wildman–Crippen LogP) is 1.65. The minimum atomic E-state index is -1.27. The first-order valence-electron chi connectivity index (χ1n) is 5.94. The molecule has 1 aromatic rings. The van der Waals surface area contributed by atoms with Gasteiger partial charge in [-0.2, -0.15) is 0 Å². The van der Waals surface area contributed by atoms with Crippen LogP contribution in [0, 0.1) is 0 Å². The van der Waals surface area contributed by atoms with E-state index in [1.165, 1.54) is 25.8 Å². The Bertz CT molecular complexity index is 459. The summed E-state index contributed by atoms with van der Waals surface area (Å²) in [6, 6.07) is 2.94. The molecule has 0 fully saturated rings. The second-order valence-corrected chi connectivity index (χ2v) is 4.88. The normalized spacial score (nSPS) is 12.6. The second-order valence-electron chi connectivity index (χ2n) is 4.88. The smallest absolute Gasteiger partial charge is 0.329 e. The Labute approximate surface area is 112 Å². The molecule has 0 saturated carbocycles. The highest BCUT2D eigenvalue weighted by Crippen LogP contribution is 2.15. The lowest BCUT2D eigenvalue weighted by molar-refractivity contribution is -0.146. The van der Waals surface area contributed by atoms with E-state index in [0.717, 1.165) is 5.56 Å². The van der Waals surface area contributed by atoms with Crippen LogP contribution in [0.3, 0.4) is 0 Å². The summed E-state index contributed by atoms with van der Waals surface area (Å²) in [5.74, 6) is -1.06. The van der Waals surface area contributed by atoms with Crippen LogP contribution in [0.1, 0.15) is 32.4 Å². The number of aromatic nitrogens is 1. The molecule has 1 unspecified atom stereocenters. The molecule has 104 valence electrons. The van der Waals surface area contributed by atoms with Crippen LogP contribution in [0.4, 0.5) is 4.79 Å². The summed E-state index contributed by atoms with van der Waals surface area (Å²) >= 11 is 0. The molecule has 2 N–H and O–H groups in total. The zero-order valence-electron chi connectivity index (χ0n) is 11.5. The number of urea groups is 1. The maximum absolute atomic E-state index is 12.0. The van der Waals surface area contributed by atoms with E-state index in [4.69, 9.17) is 5.11 Å². The first kappa shape index (κ1) is 14.9. The van der Waals surface area contributed by atoms with Crippen molar-refractivity contribution in [2.75, 3.05) is 7.05 Å². The van der Waals surface area contributed by atoms with Crippen LogP contribution in [0.5, 0.6) is 0 Å². The van der Waals surface area contributed by atoms with E-state index < -0.39 is 17.5 Å². The molecule has 6 nitrogen and oxygen atoms in total. The summed E-state index contributed by atoms with van der Waals surface area (Å²) < 4.78 is 0. The fourth-order valence-electron chi connectivity index (χ4n) is 1.39. The molecular weight excluding hydrogens is 246 g/mol. The topological polar surface area (TPSA) is 82.5 Å². The average molecular weight is 265 g/mol. The van der Waals surface area contributed by atoms with E-state index in [2.05, 4.69) is 10.3 Å². The molecule has 6 heteroatoms. The Kier molecular flexibility index (Phi) is 4.47. The Morgan fingerprint density at radius 2 is 2.11 bits per heavy atom. The minimum absolute atomic E-state index is 0.242. The summed E-state index contributed by atoms with van der Waals surface area (Å²) in [5.41, 5.74) is -0.406. The fraction of sp³-hybridized carbons (Fsp3) is 0.462. The quantitative estimate of drug-likeness (QED) is 0.867. The van der Waals surface area contributed by atoms with Gasteiger partial charge in [0.15, 0.2) is 0 Å². The molecule has 0 bridgehead atoms. The lowest BCUT2D eigenvalue weighted by atomic mass is 10.0. The number of nitrogens with zero attached hydrogens (tertiary/aromatic N) is 2. The molecule has 0 saturated heterocycles. The highest BCUT2D eigenvalue weighted by Gasteiger charge is 2.35. The van der Waals surface area contributed by atoms with Gasteiger partial charge in [0.2, 0.25) is 0 Å². The monoisotopic (exact) mass is 265 g/mol. The van der Waals surface area contributed by atoms with E-state index in [1.807, 2.05) is 13.0 Å². The Balaban J connectivity index is 2.73. The lowest BCUT2D eigenvalue weighted by Crippen LogP contribution is -2.54. The molecule has 0 aromatic carbocycles. The molecule has 19 heavy (non-hydrogen) atoms. The molecule has 0 aliphatic heterocycles. The number of carboxylic acid groups (broad SMARTS) is 1. The zero-order chi connectivity index (χ0) is 14.6. The van der Waals surface area contributed by atoms with E-state index in [0.29, 0.717) is 0 Å². The summed E-state index contributed by atoms with van der Waals surface area (Å²) in [5, 5.41) is 11.8. The summed E-state index contributed by atoms with van der Waals surface area (Å²) in [6.45, 7) is 4.77. The summed E-state index contributed by atoms with van der Waals surface area (Å²) in [6.07, 6.45) is 3.31. The van der Waals surface area contributed by atoms with Crippen molar-refractivity contribution in [1.82, 2.24) is 15.2 Å².